The summed E-state index contributed by atoms with van der Waals surface area (Å²) >= 11 is 0. The van der Waals surface area contributed by atoms with Crippen LogP contribution in [0.3, 0.4) is 0 Å². The minimum absolute atomic E-state index is 0.173. The van der Waals surface area contributed by atoms with Gasteiger partial charge in [-0.05, 0) is 13.0 Å². The lowest BCUT2D eigenvalue weighted by Gasteiger charge is -2.34. The molecule has 0 spiro atoms. The van der Waals surface area contributed by atoms with Gasteiger partial charge >= 0.3 is 0 Å². The molecular formula is C13H18FN3O3. The molecular weight excluding hydrogens is 265 g/mol. The van der Waals surface area contributed by atoms with Gasteiger partial charge in [-0.1, -0.05) is 0 Å². The largest absolute Gasteiger partial charge is 0.394 e. The molecule has 1 amide bonds. The van der Waals surface area contributed by atoms with Crippen LogP contribution >= 0.6 is 0 Å². The second kappa shape index (κ2) is 6.62. The number of aromatic nitrogens is 1. The Labute approximate surface area is 116 Å². The number of hydrogen-bond acceptors (Lipinski definition) is 5. The number of nitrogens with one attached hydrogen (secondary N) is 1. The van der Waals surface area contributed by atoms with E-state index in [0.29, 0.717) is 25.5 Å². The van der Waals surface area contributed by atoms with Crippen LogP contribution in [0.1, 0.15) is 17.3 Å². The number of pyridine rings is 1. The molecule has 20 heavy (non-hydrogen) atoms. The van der Waals surface area contributed by atoms with Gasteiger partial charge in [-0.2, -0.15) is 0 Å². The predicted octanol–water partition coefficient (Wildman–Crippen LogP) is 0.486. The molecule has 1 aromatic rings. The molecule has 1 aliphatic rings. The first-order valence-electron chi connectivity index (χ1n) is 6.56. The number of halogens is 1. The zero-order chi connectivity index (χ0) is 14.5. The molecule has 7 heteroatoms. The highest BCUT2D eigenvalue weighted by atomic mass is 19.1. The van der Waals surface area contributed by atoms with Gasteiger partial charge in [-0.3, -0.25) is 4.79 Å². The number of aliphatic hydroxyl groups is 1. The maximum Gasteiger partial charge on any atom is 0.258 e. The normalized spacial score (nSPS) is 18.9. The van der Waals surface area contributed by atoms with E-state index in [2.05, 4.69) is 10.3 Å². The van der Waals surface area contributed by atoms with Crippen LogP contribution in [-0.4, -0.2) is 59.8 Å². The Balaban J connectivity index is 2.29. The average molecular weight is 283 g/mol. The third kappa shape index (κ3) is 3.05. The maximum absolute atomic E-state index is 13.4. The van der Waals surface area contributed by atoms with E-state index >= 15 is 0 Å². The van der Waals surface area contributed by atoms with Crippen LogP contribution in [0.2, 0.25) is 0 Å². The van der Waals surface area contributed by atoms with Crippen molar-refractivity contribution in [3.63, 3.8) is 0 Å². The van der Waals surface area contributed by atoms with E-state index in [9.17, 15) is 14.3 Å². The molecule has 1 fully saturated rings. The van der Waals surface area contributed by atoms with Crippen LogP contribution < -0.4 is 5.32 Å². The van der Waals surface area contributed by atoms with E-state index in [4.69, 9.17) is 4.74 Å². The van der Waals surface area contributed by atoms with Gasteiger partial charge in [-0.15, -0.1) is 0 Å². The molecule has 2 heterocycles. The Kier molecular flexibility index (Phi) is 4.86. The van der Waals surface area contributed by atoms with Crippen molar-refractivity contribution in [2.75, 3.05) is 38.2 Å². The lowest BCUT2D eigenvalue weighted by atomic mass is 10.1. The van der Waals surface area contributed by atoms with Crippen LogP contribution in [0.15, 0.2) is 12.3 Å². The summed E-state index contributed by atoms with van der Waals surface area (Å²) < 4.78 is 18.6. The highest BCUT2D eigenvalue weighted by Crippen LogP contribution is 2.19. The molecule has 0 aliphatic carbocycles. The van der Waals surface area contributed by atoms with Crippen molar-refractivity contribution in [3.8, 4) is 0 Å². The molecule has 1 saturated heterocycles. The molecule has 0 saturated carbocycles. The summed E-state index contributed by atoms with van der Waals surface area (Å²) in [6, 6.07) is 0.756. The van der Waals surface area contributed by atoms with Crippen molar-refractivity contribution >= 4 is 11.7 Å². The molecule has 0 bridgehead atoms. The summed E-state index contributed by atoms with van der Waals surface area (Å²) in [5, 5.41) is 12.2. The monoisotopic (exact) mass is 283 g/mol. The van der Waals surface area contributed by atoms with Gasteiger partial charge in [-0.25, -0.2) is 9.37 Å². The quantitative estimate of drug-likeness (QED) is 0.841. The van der Waals surface area contributed by atoms with E-state index in [0.717, 1.165) is 12.3 Å². The minimum Gasteiger partial charge on any atom is -0.394 e. The summed E-state index contributed by atoms with van der Waals surface area (Å²) in [6.07, 6.45) is 1.07. The van der Waals surface area contributed by atoms with Crippen molar-refractivity contribution in [1.29, 1.82) is 0 Å². The highest BCUT2D eigenvalue weighted by Gasteiger charge is 2.29. The average Bonchev–Trinajstić information content (AvgIpc) is 2.48. The summed E-state index contributed by atoms with van der Waals surface area (Å²) in [5.41, 5.74) is 0.173. The smallest absolute Gasteiger partial charge is 0.258 e. The van der Waals surface area contributed by atoms with Crippen LogP contribution in [0.4, 0.5) is 10.2 Å². The van der Waals surface area contributed by atoms with Gasteiger partial charge in [0.25, 0.3) is 5.91 Å². The number of carbonyl (C=O) groups excluding carboxylic acids is 1. The van der Waals surface area contributed by atoms with Crippen molar-refractivity contribution in [3.05, 3.63) is 23.6 Å². The van der Waals surface area contributed by atoms with E-state index in [1.165, 1.54) is 4.90 Å². The highest BCUT2D eigenvalue weighted by molar-refractivity contribution is 5.99. The third-order valence-electron chi connectivity index (χ3n) is 3.13. The fourth-order valence-corrected chi connectivity index (χ4v) is 2.14. The Hall–Kier alpha value is -1.73. The zero-order valence-electron chi connectivity index (χ0n) is 11.3. The maximum atomic E-state index is 13.4. The lowest BCUT2D eigenvalue weighted by Crippen LogP contribution is -2.50. The first-order valence-corrected chi connectivity index (χ1v) is 6.56. The fourth-order valence-electron chi connectivity index (χ4n) is 2.14. The predicted molar refractivity (Wildman–Crippen MR) is 71.1 cm³/mol. The van der Waals surface area contributed by atoms with Crippen molar-refractivity contribution in [1.82, 2.24) is 9.88 Å². The number of rotatable bonds is 4. The van der Waals surface area contributed by atoms with Crippen molar-refractivity contribution in [2.45, 2.75) is 13.0 Å². The molecule has 1 unspecified atom stereocenters. The Morgan fingerprint density at radius 1 is 1.70 bits per heavy atom. The molecule has 2 N–H and O–H groups in total. The lowest BCUT2D eigenvalue weighted by molar-refractivity contribution is -0.0183. The number of carbonyl (C=O) groups is 1. The molecule has 0 aromatic carbocycles. The summed E-state index contributed by atoms with van der Waals surface area (Å²) in [7, 11) is 0. The summed E-state index contributed by atoms with van der Waals surface area (Å²) in [6.45, 7) is 3.30. The summed E-state index contributed by atoms with van der Waals surface area (Å²) in [5.74, 6) is -0.568. The Bertz CT molecular complexity index is 484. The molecule has 1 aromatic heterocycles. The SMILES string of the molecule is CCNc1ncc(F)cc1C(=O)N1CCOCC1CO. The topological polar surface area (TPSA) is 74.7 Å². The van der Waals surface area contributed by atoms with Gasteiger partial charge in [0.05, 0.1) is 37.6 Å². The first kappa shape index (κ1) is 14.7. The molecule has 0 radical (unpaired) electrons. The molecule has 6 nitrogen and oxygen atoms in total. The van der Waals surface area contributed by atoms with E-state index in [1.54, 1.807) is 0 Å². The van der Waals surface area contributed by atoms with Gasteiger partial charge in [0.2, 0.25) is 0 Å². The molecule has 1 aliphatic heterocycles. The number of anilines is 1. The fraction of sp³-hybridized carbons (Fsp3) is 0.538. The van der Waals surface area contributed by atoms with Gasteiger partial charge in [0.1, 0.15) is 11.6 Å². The third-order valence-corrected chi connectivity index (χ3v) is 3.13. The Morgan fingerprint density at radius 2 is 2.50 bits per heavy atom. The number of hydrogen-bond donors (Lipinski definition) is 2. The number of aliphatic hydroxyl groups excluding tert-OH is 1. The van der Waals surface area contributed by atoms with E-state index in [-0.39, 0.29) is 24.7 Å². The number of ether oxygens (including phenoxy) is 1. The molecule has 2 rings (SSSR count). The second-order valence-electron chi connectivity index (χ2n) is 4.49. The standard InChI is InChI=1S/C13H18FN3O3/c1-2-15-12-11(5-9(14)6-16-12)13(19)17-3-4-20-8-10(17)7-18/h5-6,10,18H,2-4,7-8H2,1H3,(H,15,16). The van der Waals surface area contributed by atoms with Gasteiger partial charge < -0.3 is 20.1 Å². The number of morpholine rings is 1. The van der Waals surface area contributed by atoms with Crippen molar-refractivity contribution in [2.24, 2.45) is 0 Å². The van der Waals surface area contributed by atoms with Crippen molar-refractivity contribution < 1.29 is 19.0 Å². The molecule has 1 atom stereocenters. The summed E-state index contributed by atoms with van der Waals surface area (Å²) in [4.78, 5) is 17.9. The molecule has 110 valence electrons. The van der Waals surface area contributed by atoms with Crippen LogP contribution in [0.5, 0.6) is 0 Å². The zero-order valence-corrected chi connectivity index (χ0v) is 11.3. The Morgan fingerprint density at radius 3 is 3.20 bits per heavy atom. The van der Waals surface area contributed by atoms with Gasteiger partial charge in [0.15, 0.2) is 0 Å². The second-order valence-corrected chi connectivity index (χ2v) is 4.49. The van der Waals surface area contributed by atoms with Crippen LogP contribution in [0.25, 0.3) is 0 Å². The first-order chi connectivity index (χ1) is 9.67. The number of amides is 1. The minimum atomic E-state index is -0.566. The van der Waals surface area contributed by atoms with Gasteiger partial charge in [0, 0.05) is 13.1 Å². The van der Waals surface area contributed by atoms with E-state index in [1.807, 2.05) is 6.92 Å². The number of nitrogens with zero attached hydrogens (tertiary/aromatic N) is 2. The van der Waals surface area contributed by atoms with E-state index < -0.39 is 11.9 Å². The van der Waals surface area contributed by atoms with Crippen LogP contribution in [0, 0.1) is 5.82 Å². The van der Waals surface area contributed by atoms with Crippen LogP contribution in [-0.2, 0) is 4.74 Å².